The van der Waals surface area contributed by atoms with Gasteiger partial charge in [-0.2, -0.15) is 0 Å². The van der Waals surface area contributed by atoms with Crippen molar-refractivity contribution in [2.75, 3.05) is 44.8 Å². The fourth-order valence-electron chi connectivity index (χ4n) is 3.74. The molecule has 0 aliphatic carbocycles. The molecule has 6 nitrogen and oxygen atoms in total. The molecule has 1 aromatic heterocycles. The van der Waals surface area contributed by atoms with Crippen molar-refractivity contribution in [1.82, 2.24) is 10.2 Å². The van der Waals surface area contributed by atoms with E-state index in [1.807, 2.05) is 24.3 Å². The zero-order chi connectivity index (χ0) is 19.3. The van der Waals surface area contributed by atoms with Crippen LogP contribution in [0.5, 0.6) is 0 Å². The van der Waals surface area contributed by atoms with Gasteiger partial charge in [-0.25, -0.2) is 0 Å². The molecule has 2 fully saturated rings. The van der Waals surface area contributed by atoms with Crippen LogP contribution in [0.4, 0.5) is 5.69 Å². The first-order valence-corrected chi connectivity index (χ1v) is 10.7. The topological polar surface area (TPSA) is 62.8 Å². The first-order valence-electron chi connectivity index (χ1n) is 9.78. The lowest BCUT2D eigenvalue weighted by molar-refractivity contribution is 0.0108. The molecular weight excluding hydrogens is 374 g/mol. The van der Waals surface area contributed by atoms with E-state index in [0.29, 0.717) is 18.8 Å². The van der Waals surface area contributed by atoms with Crippen LogP contribution in [0.1, 0.15) is 20.8 Å². The summed E-state index contributed by atoms with van der Waals surface area (Å²) in [6.07, 6.45) is 0. The smallest absolute Gasteiger partial charge is 0.251 e. The average Bonchev–Trinajstić information content (AvgIpc) is 3.36. The summed E-state index contributed by atoms with van der Waals surface area (Å²) in [6, 6.07) is 10.0. The molecule has 2 atom stereocenters. The maximum Gasteiger partial charge on any atom is 0.251 e. The van der Waals surface area contributed by atoms with E-state index in [9.17, 15) is 4.79 Å². The lowest BCUT2D eigenvalue weighted by atomic mass is 10.1. The number of anilines is 1. The van der Waals surface area contributed by atoms with Crippen LogP contribution in [-0.2, 0) is 16.0 Å². The van der Waals surface area contributed by atoms with Gasteiger partial charge in [-0.15, -0.1) is 11.3 Å². The van der Waals surface area contributed by atoms with Gasteiger partial charge in [-0.1, -0.05) is 6.07 Å². The quantitative estimate of drug-likeness (QED) is 0.779. The summed E-state index contributed by atoms with van der Waals surface area (Å²) >= 11 is 1.75. The monoisotopic (exact) mass is 401 g/mol. The third kappa shape index (κ3) is 4.55. The summed E-state index contributed by atoms with van der Waals surface area (Å²) in [5.74, 6) is -0.0512. The summed E-state index contributed by atoms with van der Waals surface area (Å²) < 4.78 is 11.1. The molecule has 3 heterocycles. The number of benzene rings is 1. The molecule has 0 spiro atoms. The number of aryl methyl sites for hydroxylation is 1. The Morgan fingerprint density at radius 1 is 1.21 bits per heavy atom. The highest BCUT2D eigenvalue weighted by atomic mass is 32.1. The van der Waals surface area contributed by atoms with Crippen LogP contribution < -0.4 is 10.6 Å². The van der Waals surface area contributed by atoms with Crippen molar-refractivity contribution in [2.24, 2.45) is 0 Å². The fraction of sp³-hybridized carbons (Fsp3) is 0.476. The van der Waals surface area contributed by atoms with Crippen molar-refractivity contribution in [3.05, 3.63) is 51.7 Å². The lowest BCUT2D eigenvalue weighted by Gasteiger charge is -2.34. The highest BCUT2D eigenvalue weighted by Crippen LogP contribution is 2.19. The third-order valence-electron chi connectivity index (χ3n) is 5.43. The van der Waals surface area contributed by atoms with Crippen LogP contribution in [-0.4, -0.2) is 62.4 Å². The zero-order valence-corrected chi connectivity index (χ0v) is 17.0. The Morgan fingerprint density at radius 2 is 2.07 bits per heavy atom. The minimum Gasteiger partial charge on any atom is -0.380 e. The van der Waals surface area contributed by atoms with E-state index >= 15 is 0 Å². The number of hydrogen-bond donors (Lipinski definition) is 2. The van der Waals surface area contributed by atoms with Gasteiger partial charge in [0.2, 0.25) is 0 Å². The van der Waals surface area contributed by atoms with Crippen molar-refractivity contribution in [3.63, 3.8) is 0 Å². The number of nitrogens with one attached hydrogen (secondary N) is 2. The van der Waals surface area contributed by atoms with Gasteiger partial charge in [0.25, 0.3) is 5.91 Å². The van der Waals surface area contributed by atoms with E-state index < -0.39 is 0 Å². The summed E-state index contributed by atoms with van der Waals surface area (Å²) in [5.41, 5.74) is 2.91. The standard InChI is InChI=1S/C21H27N3O3S/c1-15-5-10-28-20(15)12-22-17-4-2-3-16(11-17)21(25)23-18-13-27-14-19(18)24-6-8-26-9-7-24/h2-5,10-11,18-19,22H,6-9,12-14H2,1H3,(H,23,25)/t18-,19-/m0/s1. The van der Waals surface area contributed by atoms with Crippen LogP contribution in [0.2, 0.25) is 0 Å². The molecule has 2 N–H and O–H groups in total. The van der Waals surface area contributed by atoms with Gasteiger partial charge in [-0.3, -0.25) is 9.69 Å². The molecular formula is C21H27N3O3S. The Morgan fingerprint density at radius 3 is 2.86 bits per heavy atom. The maximum absolute atomic E-state index is 12.8. The van der Waals surface area contributed by atoms with Gasteiger partial charge in [0.15, 0.2) is 0 Å². The molecule has 4 rings (SSSR count). The van der Waals surface area contributed by atoms with Gasteiger partial charge in [-0.05, 0) is 42.1 Å². The lowest BCUT2D eigenvalue weighted by Crippen LogP contribution is -2.54. The number of thiophene rings is 1. The van der Waals surface area contributed by atoms with E-state index in [0.717, 1.165) is 38.5 Å². The predicted molar refractivity (Wildman–Crippen MR) is 111 cm³/mol. The second kappa shape index (κ2) is 9.05. The number of hydrogen-bond acceptors (Lipinski definition) is 6. The van der Waals surface area contributed by atoms with Crippen molar-refractivity contribution in [3.8, 4) is 0 Å². The molecule has 2 aliphatic heterocycles. The Kier molecular flexibility index (Phi) is 6.26. The van der Waals surface area contributed by atoms with Crippen molar-refractivity contribution in [1.29, 1.82) is 0 Å². The van der Waals surface area contributed by atoms with Gasteiger partial charge >= 0.3 is 0 Å². The van der Waals surface area contributed by atoms with E-state index in [4.69, 9.17) is 9.47 Å². The van der Waals surface area contributed by atoms with E-state index in [1.54, 1.807) is 11.3 Å². The minimum absolute atomic E-state index is 0.0102. The van der Waals surface area contributed by atoms with Gasteiger partial charge in [0.05, 0.1) is 38.5 Å². The van der Waals surface area contributed by atoms with Gasteiger partial charge in [0, 0.05) is 35.8 Å². The minimum atomic E-state index is -0.0512. The number of carbonyl (C=O) groups is 1. The highest BCUT2D eigenvalue weighted by Gasteiger charge is 2.35. The molecule has 0 bridgehead atoms. The molecule has 0 radical (unpaired) electrons. The normalized spacial score (nSPS) is 22.9. The number of ether oxygens (including phenoxy) is 2. The van der Waals surface area contributed by atoms with Crippen LogP contribution in [0.15, 0.2) is 35.7 Å². The van der Waals surface area contributed by atoms with Crippen LogP contribution in [0.3, 0.4) is 0 Å². The number of amides is 1. The molecule has 0 saturated carbocycles. The molecule has 0 unspecified atom stereocenters. The SMILES string of the molecule is Cc1ccsc1CNc1cccc(C(=O)N[C@H]2COC[C@@H]2N2CCOCC2)c1. The summed E-state index contributed by atoms with van der Waals surface area (Å²) in [5, 5.41) is 8.70. The number of rotatable bonds is 6. The maximum atomic E-state index is 12.8. The first-order chi connectivity index (χ1) is 13.7. The van der Waals surface area contributed by atoms with E-state index in [2.05, 4.69) is 33.9 Å². The van der Waals surface area contributed by atoms with Crippen LogP contribution in [0.25, 0.3) is 0 Å². The Balaban J connectivity index is 1.37. The first kappa shape index (κ1) is 19.4. The largest absolute Gasteiger partial charge is 0.380 e. The Hall–Kier alpha value is -1.93. The highest BCUT2D eigenvalue weighted by molar-refractivity contribution is 7.10. The van der Waals surface area contributed by atoms with Crippen LogP contribution in [0, 0.1) is 6.92 Å². The Bertz CT molecular complexity index is 804. The molecule has 7 heteroatoms. The van der Waals surface area contributed by atoms with Crippen molar-refractivity contribution >= 4 is 22.9 Å². The molecule has 2 aliphatic rings. The molecule has 2 saturated heterocycles. The summed E-state index contributed by atoms with van der Waals surface area (Å²) in [7, 11) is 0. The Labute approximate surface area is 169 Å². The number of nitrogens with zero attached hydrogens (tertiary/aromatic N) is 1. The molecule has 1 amide bonds. The second-order valence-electron chi connectivity index (χ2n) is 7.29. The predicted octanol–water partition coefficient (Wildman–Crippen LogP) is 2.50. The molecule has 2 aromatic rings. The number of morpholine rings is 1. The second-order valence-corrected chi connectivity index (χ2v) is 8.29. The molecule has 28 heavy (non-hydrogen) atoms. The average molecular weight is 402 g/mol. The zero-order valence-electron chi connectivity index (χ0n) is 16.1. The molecule has 1 aromatic carbocycles. The number of carbonyl (C=O) groups excluding carboxylic acids is 1. The van der Waals surface area contributed by atoms with Crippen LogP contribution >= 0.6 is 11.3 Å². The van der Waals surface area contributed by atoms with Crippen molar-refractivity contribution in [2.45, 2.75) is 25.6 Å². The van der Waals surface area contributed by atoms with E-state index in [1.165, 1.54) is 10.4 Å². The van der Waals surface area contributed by atoms with Gasteiger partial charge in [0.1, 0.15) is 0 Å². The summed E-state index contributed by atoms with van der Waals surface area (Å²) in [4.78, 5) is 16.5. The van der Waals surface area contributed by atoms with Gasteiger partial charge < -0.3 is 20.1 Å². The third-order valence-corrected chi connectivity index (χ3v) is 6.45. The summed E-state index contributed by atoms with van der Waals surface area (Å²) in [6.45, 7) is 7.37. The van der Waals surface area contributed by atoms with E-state index in [-0.39, 0.29) is 18.0 Å². The van der Waals surface area contributed by atoms with Crippen molar-refractivity contribution < 1.29 is 14.3 Å². The fourth-order valence-corrected chi connectivity index (χ4v) is 4.59. The molecule has 150 valence electrons.